The molecule has 2 aromatic carbocycles. The number of aromatic nitrogens is 5. The number of nitrogens with zero attached hydrogens (tertiary/aromatic N) is 6. The van der Waals surface area contributed by atoms with E-state index in [1.807, 2.05) is 23.1 Å². The summed E-state index contributed by atoms with van der Waals surface area (Å²) in [4.78, 5) is 29.4. The Morgan fingerprint density at radius 1 is 0.968 bits per heavy atom. The highest BCUT2D eigenvalue weighted by atomic mass is 35.5. The zero-order valence-electron chi connectivity index (χ0n) is 16.4. The molecule has 9 nitrogen and oxygen atoms in total. The quantitative estimate of drug-likeness (QED) is 0.529. The number of piperazine rings is 1. The number of amides is 1. The number of halogens is 1. The number of carbonyl (C=O) groups excluding carboxylic acids is 1. The number of fused-ring (bicyclic) bond motifs is 1. The third-order valence-electron chi connectivity index (χ3n) is 5.37. The maximum absolute atomic E-state index is 12.9. The van der Waals surface area contributed by atoms with E-state index in [4.69, 9.17) is 11.6 Å². The maximum atomic E-state index is 12.9. The summed E-state index contributed by atoms with van der Waals surface area (Å²) >= 11 is 6.41. The van der Waals surface area contributed by atoms with Gasteiger partial charge in [0.25, 0.3) is 11.5 Å². The van der Waals surface area contributed by atoms with Crippen molar-refractivity contribution in [3.63, 3.8) is 0 Å². The molecular weight excluding hydrogens is 418 g/mol. The zero-order chi connectivity index (χ0) is 21.4. The first-order valence-electron chi connectivity index (χ1n) is 9.80. The molecule has 0 aliphatic carbocycles. The minimum Gasteiger partial charge on any atom is -0.365 e. The molecule has 0 bridgehead atoms. The van der Waals surface area contributed by atoms with Crippen molar-refractivity contribution in [2.45, 2.75) is 0 Å². The van der Waals surface area contributed by atoms with Gasteiger partial charge in [0.2, 0.25) is 0 Å². The fraction of sp³-hybridized carbons (Fsp3) is 0.190. The first kappa shape index (κ1) is 19.3. The number of anilines is 1. The first-order valence-corrected chi connectivity index (χ1v) is 10.2. The van der Waals surface area contributed by atoms with E-state index >= 15 is 0 Å². The van der Waals surface area contributed by atoms with Gasteiger partial charge >= 0.3 is 0 Å². The molecule has 3 heterocycles. The largest absolute Gasteiger partial charge is 0.365 e. The number of carbonyl (C=O) groups is 1. The molecule has 1 fully saturated rings. The van der Waals surface area contributed by atoms with Crippen LogP contribution in [0.4, 0.5) is 5.69 Å². The lowest BCUT2D eigenvalue weighted by atomic mass is 10.1. The van der Waals surface area contributed by atoms with E-state index < -0.39 is 0 Å². The van der Waals surface area contributed by atoms with E-state index in [0.29, 0.717) is 54.2 Å². The van der Waals surface area contributed by atoms with Crippen LogP contribution in [0, 0.1) is 0 Å². The number of hydrogen-bond acceptors (Lipinski definition) is 6. The number of hydrogen-bond donors (Lipinski definition) is 1. The summed E-state index contributed by atoms with van der Waals surface area (Å²) in [5, 5.41) is 15.0. The van der Waals surface area contributed by atoms with Crippen LogP contribution >= 0.6 is 11.6 Å². The Morgan fingerprint density at radius 2 is 1.71 bits per heavy atom. The van der Waals surface area contributed by atoms with Gasteiger partial charge in [-0.05, 0) is 30.3 Å². The zero-order valence-corrected chi connectivity index (χ0v) is 17.2. The predicted octanol–water partition coefficient (Wildman–Crippen LogP) is 2.12. The highest BCUT2D eigenvalue weighted by Crippen LogP contribution is 2.23. The van der Waals surface area contributed by atoms with E-state index in [1.54, 1.807) is 41.4 Å². The molecule has 2 aromatic heterocycles. The van der Waals surface area contributed by atoms with Gasteiger partial charge in [0.05, 0.1) is 17.6 Å². The molecule has 1 amide bonds. The number of H-pyrrole nitrogens is 1. The molecule has 0 atom stereocenters. The van der Waals surface area contributed by atoms with Crippen LogP contribution in [0.3, 0.4) is 0 Å². The summed E-state index contributed by atoms with van der Waals surface area (Å²) in [6, 6.07) is 14.4. The van der Waals surface area contributed by atoms with Gasteiger partial charge in [-0.2, -0.15) is 25.2 Å². The third kappa shape index (κ3) is 3.53. The van der Waals surface area contributed by atoms with Crippen molar-refractivity contribution >= 4 is 34.2 Å². The molecule has 1 saturated heterocycles. The fourth-order valence-electron chi connectivity index (χ4n) is 3.70. The van der Waals surface area contributed by atoms with Crippen molar-refractivity contribution < 1.29 is 4.79 Å². The number of benzene rings is 2. The highest BCUT2D eigenvalue weighted by Gasteiger charge is 2.25. The van der Waals surface area contributed by atoms with Crippen molar-refractivity contribution in [2.24, 2.45) is 0 Å². The summed E-state index contributed by atoms with van der Waals surface area (Å²) < 4.78 is 1.28. The Morgan fingerprint density at radius 3 is 2.48 bits per heavy atom. The van der Waals surface area contributed by atoms with Crippen LogP contribution in [0.2, 0.25) is 5.02 Å². The Labute approximate surface area is 181 Å². The molecule has 4 aromatic rings. The average Bonchev–Trinajstić information content (AvgIpc) is 3.29. The first-order chi connectivity index (χ1) is 15.1. The molecule has 1 aliphatic heterocycles. The van der Waals surface area contributed by atoms with Gasteiger partial charge in [-0.3, -0.25) is 9.59 Å². The smallest absolute Gasteiger partial charge is 0.292 e. The summed E-state index contributed by atoms with van der Waals surface area (Å²) in [7, 11) is 0. The molecule has 0 radical (unpaired) electrons. The van der Waals surface area contributed by atoms with Crippen molar-refractivity contribution in [1.29, 1.82) is 0 Å². The fourth-order valence-corrected chi connectivity index (χ4v) is 3.95. The SMILES string of the molecule is O=C(c1ccc2n[nH]nc2c1)N1CCN(c2cnn(-c3ccccc3)c(=O)c2Cl)CC1. The molecule has 0 spiro atoms. The van der Waals surface area contributed by atoms with Crippen LogP contribution in [-0.4, -0.2) is 62.2 Å². The Balaban J connectivity index is 1.31. The minimum atomic E-state index is -0.371. The number of rotatable bonds is 3. The molecular formula is C21H18ClN7O2. The monoisotopic (exact) mass is 435 g/mol. The van der Waals surface area contributed by atoms with Crippen molar-refractivity contribution in [1.82, 2.24) is 30.1 Å². The normalized spacial score (nSPS) is 14.2. The molecule has 1 aliphatic rings. The summed E-state index contributed by atoms with van der Waals surface area (Å²) in [6.07, 6.45) is 1.60. The molecule has 1 N–H and O–H groups in total. The van der Waals surface area contributed by atoms with Crippen LogP contribution in [-0.2, 0) is 0 Å². The second kappa shape index (κ2) is 7.84. The van der Waals surface area contributed by atoms with E-state index in [9.17, 15) is 9.59 Å². The average molecular weight is 436 g/mol. The van der Waals surface area contributed by atoms with Crippen molar-refractivity contribution in [3.8, 4) is 5.69 Å². The van der Waals surface area contributed by atoms with E-state index in [2.05, 4.69) is 20.5 Å². The standard InChI is InChI=1S/C21H18ClN7O2/c22-19-18(13-23-29(21(19)31)15-4-2-1-3-5-15)27-8-10-28(11-9-27)20(30)14-6-7-16-17(12-14)25-26-24-16/h1-7,12-13H,8-11H2,(H,24,25,26). The van der Waals surface area contributed by atoms with Gasteiger partial charge in [0, 0.05) is 31.7 Å². The topological polar surface area (TPSA) is 100 Å². The molecule has 156 valence electrons. The van der Waals surface area contributed by atoms with Gasteiger partial charge in [-0.15, -0.1) is 0 Å². The Bertz CT molecular complexity index is 1310. The van der Waals surface area contributed by atoms with Crippen LogP contribution in [0.25, 0.3) is 16.7 Å². The van der Waals surface area contributed by atoms with E-state index in [-0.39, 0.29) is 16.5 Å². The molecule has 10 heteroatoms. The number of aromatic amines is 1. The van der Waals surface area contributed by atoms with Gasteiger partial charge in [0.15, 0.2) is 0 Å². The van der Waals surface area contributed by atoms with Crippen molar-refractivity contribution in [2.75, 3.05) is 31.1 Å². The summed E-state index contributed by atoms with van der Waals surface area (Å²) in [5.41, 5.74) is 2.80. The molecule has 31 heavy (non-hydrogen) atoms. The highest BCUT2D eigenvalue weighted by molar-refractivity contribution is 6.33. The number of nitrogens with one attached hydrogen (secondary N) is 1. The van der Waals surface area contributed by atoms with Crippen LogP contribution < -0.4 is 10.5 Å². The Kier molecular flexibility index (Phi) is 4.87. The molecule has 0 unspecified atom stereocenters. The van der Waals surface area contributed by atoms with Crippen LogP contribution in [0.15, 0.2) is 59.5 Å². The van der Waals surface area contributed by atoms with Crippen LogP contribution in [0.1, 0.15) is 10.4 Å². The minimum absolute atomic E-state index is 0.0618. The third-order valence-corrected chi connectivity index (χ3v) is 5.73. The van der Waals surface area contributed by atoms with Gasteiger partial charge in [0.1, 0.15) is 16.1 Å². The van der Waals surface area contributed by atoms with Gasteiger partial charge < -0.3 is 9.80 Å². The summed E-state index contributed by atoms with van der Waals surface area (Å²) in [5.74, 6) is -0.0618. The Hall–Kier alpha value is -3.72. The van der Waals surface area contributed by atoms with Gasteiger partial charge in [-0.25, -0.2) is 0 Å². The predicted molar refractivity (Wildman–Crippen MR) is 117 cm³/mol. The van der Waals surface area contributed by atoms with E-state index in [1.165, 1.54) is 4.68 Å². The second-order valence-corrected chi connectivity index (χ2v) is 7.58. The van der Waals surface area contributed by atoms with Crippen LogP contribution in [0.5, 0.6) is 0 Å². The molecule has 0 saturated carbocycles. The molecule has 5 rings (SSSR count). The number of para-hydroxylation sites is 1. The van der Waals surface area contributed by atoms with E-state index in [0.717, 1.165) is 0 Å². The summed E-state index contributed by atoms with van der Waals surface area (Å²) in [6.45, 7) is 2.11. The van der Waals surface area contributed by atoms with Gasteiger partial charge in [-0.1, -0.05) is 29.8 Å². The lowest BCUT2D eigenvalue weighted by Gasteiger charge is -2.36. The second-order valence-electron chi connectivity index (χ2n) is 7.20. The maximum Gasteiger partial charge on any atom is 0.292 e. The van der Waals surface area contributed by atoms with Crippen molar-refractivity contribution in [3.05, 3.63) is 75.7 Å². The lowest BCUT2D eigenvalue weighted by molar-refractivity contribution is 0.0747. The lowest BCUT2D eigenvalue weighted by Crippen LogP contribution is -2.49.